The molecule has 0 aliphatic carbocycles. The summed E-state index contributed by atoms with van der Waals surface area (Å²) in [6.45, 7) is 0.857. The number of ether oxygens (including phenoxy) is 2. The summed E-state index contributed by atoms with van der Waals surface area (Å²) in [5.74, 6) is 0.188. The number of nitro groups is 2. The second-order valence-corrected chi connectivity index (χ2v) is 7.50. The Morgan fingerprint density at radius 2 is 1.81 bits per heavy atom. The van der Waals surface area contributed by atoms with Crippen LogP contribution in [0.3, 0.4) is 0 Å². The van der Waals surface area contributed by atoms with Gasteiger partial charge in [0.25, 0.3) is 11.4 Å². The second kappa shape index (κ2) is 12.0. The number of benzene rings is 2. The highest BCUT2D eigenvalue weighted by atomic mass is 79.9. The number of rotatable bonds is 12. The van der Waals surface area contributed by atoms with Crippen LogP contribution >= 0.6 is 15.9 Å². The number of methoxy groups -OCH3 is 1. The van der Waals surface area contributed by atoms with Gasteiger partial charge in [0, 0.05) is 31.1 Å². The van der Waals surface area contributed by atoms with E-state index in [4.69, 9.17) is 15.2 Å². The summed E-state index contributed by atoms with van der Waals surface area (Å²) in [5, 5.41) is 25.8. The van der Waals surface area contributed by atoms with Gasteiger partial charge in [0.05, 0.1) is 40.0 Å². The van der Waals surface area contributed by atoms with Crippen molar-refractivity contribution in [3.05, 3.63) is 67.8 Å². The van der Waals surface area contributed by atoms with E-state index in [-0.39, 0.29) is 52.9 Å². The van der Waals surface area contributed by atoms with Gasteiger partial charge in [-0.25, -0.2) is 0 Å². The molecular weight excluding hydrogens is 488 g/mol. The number of nitro benzene ring substituents is 2. The number of halogens is 1. The van der Waals surface area contributed by atoms with Crippen molar-refractivity contribution in [2.45, 2.75) is 17.7 Å². The molecular formula is C20H23BrN4O7. The number of nitrogens with one attached hydrogen (secondary N) is 1. The van der Waals surface area contributed by atoms with Gasteiger partial charge in [0.2, 0.25) is 5.91 Å². The average Bonchev–Trinajstić information content (AvgIpc) is 2.79. The fourth-order valence-electron chi connectivity index (χ4n) is 2.95. The van der Waals surface area contributed by atoms with E-state index in [9.17, 15) is 25.0 Å². The van der Waals surface area contributed by atoms with Gasteiger partial charge in [-0.2, -0.15) is 0 Å². The molecule has 0 saturated carbocycles. The molecule has 1 amide bonds. The molecule has 1 unspecified atom stereocenters. The molecule has 0 aliphatic rings. The minimum absolute atomic E-state index is 0.130. The zero-order valence-corrected chi connectivity index (χ0v) is 18.9. The molecule has 3 N–H and O–H groups in total. The predicted molar refractivity (Wildman–Crippen MR) is 120 cm³/mol. The summed E-state index contributed by atoms with van der Waals surface area (Å²) in [6, 6.07) is 8.61. The number of hydrogen-bond donors (Lipinski definition) is 2. The number of nitrogens with two attached hydrogens (primary N) is 1. The largest absolute Gasteiger partial charge is 0.493 e. The Morgan fingerprint density at radius 3 is 2.44 bits per heavy atom. The van der Waals surface area contributed by atoms with E-state index in [1.807, 2.05) is 0 Å². The zero-order chi connectivity index (χ0) is 23.7. The number of carbonyl (C=O) groups is 1. The van der Waals surface area contributed by atoms with Gasteiger partial charge in [-0.3, -0.25) is 25.0 Å². The lowest BCUT2D eigenvalue weighted by atomic mass is 10.0. The minimum atomic E-state index is -0.835. The smallest absolute Gasteiger partial charge is 0.278 e. The summed E-state index contributed by atoms with van der Waals surface area (Å²) >= 11 is 3.36. The van der Waals surface area contributed by atoms with E-state index >= 15 is 0 Å². The van der Waals surface area contributed by atoms with Crippen molar-refractivity contribution in [3.63, 3.8) is 0 Å². The first kappa shape index (κ1) is 25.0. The van der Waals surface area contributed by atoms with Crippen LogP contribution < -0.4 is 20.5 Å². The molecule has 0 aliphatic heterocycles. The summed E-state index contributed by atoms with van der Waals surface area (Å²) < 4.78 is 10.9. The van der Waals surface area contributed by atoms with Gasteiger partial charge >= 0.3 is 0 Å². The third-order valence-corrected chi connectivity index (χ3v) is 5.45. The van der Waals surface area contributed by atoms with Crippen molar-refractivity contribution in [3.8, 4) is 11.5 Å². The lowest BCUT2D eigenvalue weighted by Crippen LogP contribution is -2.29. The van der Waals surface area contributed by atoms with Crippen LogP contribution in [0.25, 0.3) is 0 Å². The maximum Gasteiger partial charge on any atom is 0.278 e. The standard InChI is InChI=1S/C20H23BrN4O7/c1-31-17-11-14(20(21)13-5-2-3-6-15(13)24(27)28)16(25(29)30)12-18(17)32-10-4-7-19(26)23-9-8-22/h2-3,5-6,11-12,20H,4,7-10,22H2,1H3,(H,23,26). The molecule has 2 aromatic rings. The molecule has 172 valence electrons. The Labute approximate surface area is 192 Å². The lowest BCUT2D eigenvalue weighted by molar-refractivity contribution is -0.386. The molecule has 1 atom stereocenters. The number of nitrogens with zero attached hydrogens (tertiary/aromatic N) is 2. The normalized spacial score (nSPS) is 11.5. The highest BCUT2D eigenvalue weighted by Crippen LogP contribution is 2.44. The molecule has 0 spiro atoms. The quantitative estimate of drug-likeness (QED) is 0.190. The third kappa shape index (κ3) is 6.37. The molecule has 11 nitrogen and oxygen atoms in total. The Bertz CT molecular complexity index is 986. The van der Waals surface area contributed by atoms with E-state index < -0.39 is 14.7 Å². The van der Waals surface area contributed by atoms with Crippen LogP contribution in [0.2, 0.25) is 0 Å². The SMILES string of the molecule is COc1cc(C(Br)c2ccccc2[N+](=O)[O-])c([N+](=O)[O-])cc1OCCCC(=O)NCCN. The van der Waals surface area contributed by atoms with Crippen molar-refractivity contribution in [2.75, 3.05) is 26.8 Å². The van der Waals surface area contributed by atoms with Crippen LogP contribution in [-0.2, 0) is 4.79 Å². The predicted octanol–water partition coefficient (Wildman–Crippen LogP) is 3.23. The molecule has 2 rings (SSSR count). The topological polar surface area (TPSA) is 160 Å². The molecule has 0 heterocycles. The highest BCUT2D eigenvalue weighted by molar-refractivity contribution is 9.09. The van der Waals surface area contributed by atoms with Gasteiger partial charge in [-0.1, -0.05) is 34.1 Å². The number of hydrogen-bond acceptors (Lipinski definition) is 8. The molecule has 0 fully saturated rings. The number of carbonyl (C=O) groups excluding carboxylic acids is 1. The first-order valence-corrected chi connectivity index (χ1v) is 10.5. The number of para-hydroxylation sites is 1. The van der Waals surface area contributed by atoms with Gasteiger partial charge in [-0.15, -0.1) is 0 Å². The van der Waals surface area contributed by atoms with E-state index in [1.54, 1.807) is 6.07 Å². The van der Waals surface area contributed by atoms with Gasteiger partial charge in [-0.05, 0) is 12.5 Å². The number of alkyl halides is 1. The second-order valence-electron chi connectivity index (χ2n) is 6.59. The van der Waals surface area contributed by atoms with Crippen molar-refractivity contribution < 1.29 is 24.1 Å². The van der Waals surface area contributed by atoms with Gasteiger partial charge in [0.1, 0.15) is 0 Å². The van der Waals surface area contributed by atoms with Crippen LogP contribution in [-0.4, -0.2) is 42.6 Å². The van der Waals surface area contributed by atoms with Gasteiger partial charge in [0.15, 0.2) is 11.5 Å². The first-order chi connectivity index (χ1) is 15.3. The van der Waals surface area contributed by atoms with Crippen LogP contribution in [0.4, 0.5) is 11.4 Å². The van der Waals surface area contributed by atoms with Crippen LogP contribution in [0.1, 0.15) is 28.8 Å². The molecule has 32 heavy (non-hydrogen) atoms. The Morgan fingerprint density at radius 1 is 1.12 bits per heavy atom. The van der Waals surface area contributed by atoms with Gasteiger partial charge < -0.3 is 20.5 Å². The molecule has 2 aromatic carbocycles. The monoisotopic (exact) mass is 510 g/mol. The average molecular weight is 511 g/mol. The van der Waals surface area contributed by atoms with Crippen LogP contribution in [0.5, 0.6) is 11.5 Å². The van der Waals surface area contributed by atoms with E-state index in [2.05, 4.69) is 21.2 Å². The van der Waals surface area contributed by atoms with E-state index in [0.717, 1.165) is 0 Å². The molecule has 0 radical (unpaired) electrons. The zero-order valence-electron chi connectivity index (χ0n) is 17.3. The Kier molecular flexibility index (Phi) is 9.35. The summed E-state index contributed by atoms with van der Waals surface area (Å²) in [7, 11) is 1.38. The Balaban J connectivity index is 2.28. The third-order valence-electron chi connectivity index (χ3n) is 4.46. The summed E-state index contributed by atoms with van der Waals surface area (Å²) in [6.07, 6.45) is 0.593. The number of amides is 1. The highest BCUT2D eigenvalue weighted by Gasteiger charge is 2.29. The van der Waals surface area contributed by atoms with Crippen LogP contribution in [0, 0.1) is 20.2 Å². The van der Waals surface area contributed by atoms with E-state index in [0.29, 0.717) is 19.5 Å². The minimum Gasteiger partial charge on any atom is -0.493 e. The summed E-state index contributed by atoms with van der Waals surface area (Å²) in [4.78, 5) is 32.8. The Hall–Kier alpha value is -3.25. The maximum atomic E-state index is 11.7. The first-order valence-electron chi connectivity index (χ1n) is 9.63. The van der Waals surface area contributed by atoms with Crippen molar-refractivity contribution in [1.29, 1.82) is 0 Å². The van der Waals surface area contributed by atoms with Crippen molar-refractivity contribution >= 4 is 33.2 Å². The molecule has 0 aromatic heterocycles. The van der Waals surface area contributed by atoms with E-state index in [1.165, 1.54) is 37.4 Å². The molecule has 0 bridgehead atoms. The van der Waals surface area contributed by atoms with Crippen LogP contribution in [0.15, 0.2) is 36.4 Å². The lowest BCUT2D eigenvalue weighted by Gasteiger charge is -2.16. The maximum absolute atomic E-state index is 11.7. The molecule has 12 heteroatoms. The molecule has 0 saturated heterocycles. The fraction of sp³-hybridized carbons (Fsp3) is 0.350. The van der Waals surface area contributed by atoms with Crippen molar-refractivity contribution in [1.82, 2.24) is 5.32 Å². The summed E-state index contributed by atoms with van der Waals surface area (Å²) in [5.41, 5.74) is 5.31. The fourth-order valence-corrected chi connectivity index (χ4v) is 3.70. The van der Waals surface area contributed by atoms with Crippen molar-refractivity contribution in [2.24, 2.45) is 5.73 Å².